The van der Waals surface area contributed by atoms with Crippen molar-refractivity contribution in [3.8, 4) is 0 Å². The maximum atomic E-state index is 8.30. The van der Waals surface area contributed by atoms with Crippen molar-refractivity contribution in [1.29, 1.82) is 0 Å². The molecule has 0 heterocycles. The third-order valence-electron chi connectivity index (χ3n) is 2.02. The van der Waals surface area contributed by atoms with Crippen molar-refractivity contribution in [3.63, 3.8) is 0 Å². The molecule has 0 atom stereocenters. The number of hydrogen-bond acceptors (Lipinski definition) is 5. The van der Waals surface area contributed by atoms with Gasteiger partial charge in [-0.05, 0) is 19.4 Å². The zero-order chi connectivity index (χ0) is 12.1. The lowest BCUT2D eigenvalue weighted by Gasteiger charge is -2.05. The average molecular weight is 233 g/mol. The predicted octanol–water partition coefficient (Wildman–Crippen LogP) is 0.156. The molecule has 6 heteroatoms. The van der Waals surface area contributed by atoms with Crippen LogP contribution in [0.1, 0.15) is 19.3 Å². The molecule has 0 aromatic heterocycles. The molecule has 0 saturated heterocycles. The number of rotatable bonds is 11. The van der Waals surface area contributed by atoms with Gasteiger partial charge in [0.1, 0.15) is 5.84 Å². The summed E-state index contributed by atoms with van der Waals surface area (Å²) in [5.74, 6) is 0.294. The first-order chi connectivity index (χ1) is 7.81. The lowest BCUT2D eigenvalue weighted by Crippen LogP contribution is -2.22. The van der Waals surface area contributed by atoms with Gasteiger partial charge in [-0.15, -0.1) is 0 Å². The largest absolute Gasteiger partial charge is 0.409 e. The molecule has 0 unspecified atom stereocenters. The van der Waals surface area contributed by atoms with Crippen LogP contribution in [0.5, 0.6) is 0 Å². The summed E-state index contributed by atoms with van der Waals surface area (Å²) in [6.07, 6.45) is 2.57. The molecule has 0 radical (unpaired) electrons. The standard InChI is InChI=1S/C10H23N3O3/c1-15-8-9-16-7-6-12-5-3-2-4-10(11)13-14/h12,14H,2-9H2,1H3,(H2,11,13). The summed E-state index contributed by atoms with van der Waals surface area (Å²) in [7, 11) is 1.66. The van der Waals surface area contributed by atoms with Gasteiger partial charge in [0, 0.05) is 20.1 Å². The first kappa shape index (κ1) is 15.2. The Balaban J connectivity index is 2.99. The van der Waals surface area contributed by atoms with Crippen LogP contribution in [0.4, 0.5) is 0 Å². The van der Waals surface area contributed by atoms with Crippen molar-refractivity contribution in [2.75, 3.05) is 40.0 Å². The van der Waals surface area contributed by atoms with Crippen LogP contribution in [0, 0.1) is 0 Å². The first-order valence-corrected chi connectivity index (χ1v) is 5.55. The SMILES string of the molecule is COCCOCCNCCCCC(N)=NO. The molecule has 0 amide bonds. The number of ether oxygens (including phenoxy) is 2. The van der Waals surface area contributed by atoms with Gasteiger partial charge in [-0.25, -0.2) is 0 Å². The van der Waals surface area contributed by atoms with Crippen LogP contribution >= 0.6 is 0 Å². The van der Waals surface area contributed by atoms with Crippen molar-refractivity contribution < 1.29 is 14.7 Å². The molecule has 6 nitrogen and oxygen atoms in total. The summed E-state index contributed by atoms with van der Waals surface area (Å²) in [6.45, 7) is 3.74. The monoisotopic (exact) mass is 233 g/mol. The third kappa shape index (κ3) is 11.2. The fourth-order valence-electron chi connectivity index (χ4n) is 1.12. The Morgan fingerprint density at radius 3 is 2.75 bits per heavy atom. The van der Waals surface area contributed by atoms with Gasteiger partial charge >= 0.3 is 0 Å². The number of hydrogen-bond donors (Lipinski definition) is 3. The summed E-state index contributed by atoms with van der Waals surface area (Å²) in [5.41, 5.74) is 5.33. The summed E-state index contributed by atoms with van der Waals surface area (Å²) in [4.78, 5) is 0. The van der Waals surface area contributed by atoms with E-state index in [1.165, 1.54) is 0 Å². The molecule has 0 saturated carbocycles. The molecule has 0 aliphatic heterocycles. The van der Waals surface area contributed by atoms with Crippen LogP contribution in [0.3, 0.4) is 0 Å². The third-order valence-corrected chi connectivity index (χ3v) is 2.02. The van der Waals surface area contributed by atoms with Crippen LogP contribution in [0.15, 0.2) is 5.16 Å². The molecule has 4 N–H and O–H groups in total. The normalized spacial score (nSPS) is 11.9. The van der Waals surface area contributed by atoms with Gasteiger partial charge in [-0.1, -0.05) is 5.16 Å². The average Bonchev–Trinajstić information content (AvgIpc) is 2.31. The number of oxime groups is 1. The summed E-state index contributed by atoms with van der Waals surface area (Å²) in [5, 5.41) is 14.5. The second kappa shape index (κ2) is 12.2. The Morgan fingerprint density at radius 1 is 1.25 bits per heavy atom. The molecule has 0 rings (SSSR count). The van der Waals surface area contributed by atoms with Gasteiger partial charge < -0.3 is 25.7 Å². The number of amidine groups is 1. The van der Waals surface area contributed by atoms with E-state index in [1.54, 1.807) is 7.11 Å². The number of unbranched alkanes of at least 4 members (excludes halogenated alkanes) is 1. The minimum absolute atomic E-state index is 0.294. The van der Waals surface area contributed by atoms with E-state index in [9.17, 15) is 0 Å². The highest BCUT2D eigenvalue weighted by Crippen LogP contribution is 1.93. The quantitative estimate of drug-likeness (QED) is 0.155. The highest BCUT2D eigenvalue weighted by molar-refractivity contribution is 5.79. The van der Waals surface area contributed by atoms with Crippen molar-refractivity contribution in [2.24, 2.45) is 10.9 Å². The van der Waals surface area contributed by atoms with Gasteiger partial charge in [0.15, 0.2) is 0 Å². The van der Waals surface area contributed by atoms with E-state index >= 15 is 0 Å². The highest BCUT2D eigenvalue weighted by Gasteiger charge is 1.93. The van der Waals surface area contributed by atoms with E-state index in [0.717, 1.165) is 25.9 Å². The van der Waals surface area contributed by atoms with Crippen molar-refractivity contribution >= 4 is 5.84 Å². The van der Waals surface area contributed by atoms with Crippen LogP contribution in [0.2, 0.25) is 0 Å². The van der Waals surface area contributed by atoms with Gasteiger partial charge in [-0.3, -0.25) is 0 Å². The van der Waals surface area contributed by atoms with Gasteiger partial charge in [0.25, 0.3) is 0 Å². The maximum absolute atomic E-state index is 8.30. The van der Waals surface area contributed by atoms with E-state index in [0.29, 0.717) is 32.1 Å². The van der Waals surface area contributed by atoms with Crippen molar-refractivity contribution in [1.82, 2.24) is 5.32 Å². The number of methoxy groups -OCH3 is 1. The maximum Gasteiger partial charge on any atom is 0.139 e. The summed E-state index contributed by atoms with van der Waals surface area (Å²) in [6, 6.07) is 0. The Kier molecular flexibility index (Phi) is 11.6. The van der Waals surface area contributed by atoms with Crippen molar-refractivity contribution in [3.05, 3.63) is 0 Å². The minimum Gasteiger partial charge on any atom is -0.409 e. The second-order valence-electron chi connectivity index (χ2n) is 3.40. The molecular weight excluding hydrogens is 210 g/mol. The van der Waals surface area contributed by atoms with E-state index < -0.39 is 0 Å². The van der Waals surface area contributed by atoms with Gasteiger partial charge in [-0.2, -0.15) is 0 Å². The zero-order valence-electron chi connectivity index (χ0n) is 9.95. The van der Waals surface area contributed by atoms with E-state index in [-0.39, 0.29) is 0 Å². The Labute approximate surface area is 96.8 Å². The van der Waals surface area contributed by atoms with E-state index in [2.05, 4.69) is 10.5 Å². The summed E-state index contributed by atoms with van der Waals surface area (Å²) < 4.78 is 10.1. The molecule has 0 spiro atoms. The Hall–Kier alpha value is -0.850. The molecular formula is C10H23N3O3. The summed E-state index contributed by atoms with van der Waals surface area (Å²) >= 11 is 0. The highest BCUT2D eigenvalue weighted by atomic mass is 16.5. The lowest BCUT2D eigenvalue weighted by atomic mass is 10.2. The molecule has 0 bridgehead atoms. The number of nitrogens with two attached hydrogens (primary N) is 1. The van der Waals surface area contributed by atoms with E-state index in [1.807, 2.05) is 0 Å². The van der Waals surface area contributed by atoms with E-state index in [4.69, 9.17) is 20.4 Å². The smallest absolute Gasteiger partial charge is 0.139 e. The van der Waals surface area contributed by atoms with Crippen LogP contribution in [0.25, 0.3) is 0 Å². The van der Waals surface area contributed by atoms with Gasteiger partial charge in [0.05, 0.1) is 19.8 Å². The zero-order valence-corrected chi connectivity index (χ0v) is 9.95. The number of nitrogens with one attached hydrogen (secondary N) is 1. The fraction of sp³-hybridized carbons (Fsp3) is 0.900. The molecule has 0 aliphatic rings. The van der Waals surface area contributed by atoms with Crippen molar-refractivity contribution in [2.45, 2.75) is 19.3 Å². The van der Waals surface area contributed by atoms with Crippen LogP contribution < -0.4 is 11.1 Å². The number of nitrogens with zero attached hydrogens (tertiary/aromatic N) is 1. The first-order valence-electron chi connectivity index (χ1n) is 5.55. The van der Waals surface area contributed by atoms with Crippen LogP contribution in [-0.2, 0) is 9.47 Å². The molecule has 0 aromatic rings. The molecule has 16 heavy (non-hydrogen) atoms. The van der Waals surface area contributed by atoms with Crippen LogP contribution in [-0.4, -0.2) is 51.1 Å². The lowest BCUT2D eigenvalue weighted by molar-refractivity contribution is 0.0720. The molecule has 0 aliphatic carbocycles. The van der Waals surface area contributed by atoms with Gasteiger partial charge in [0.2, 0.25) is 0 Å². The molecule has 0 aromatic carbocycles. The fourth-order valence-corrected chi connectivity index (χ4v) is 1.12. The predicted molar refractivity (Wildman–Crippen MR) is 62.8 cm³/mol. The minimum atomic E-state index is 0.294. The Morgan fingerprint density at radius 2 is 2.06 bits per heavy atom. The Bertz CT molecular complexity index is 177. The topological polar surface area (TPSA) is 89.1 Å². The second-order valence-corrected chi connectivity index (χ2v) is 3.40. The molecule has 96 valence electrons. The molecule has 0 fully saturated rings.